The van der Waals surface area contributed by atoms with Gasteiger partial charge in [-0.25, -0.2) is 0 Å². The molecule has 0 spiro atoms. The largest absolute Gasteiger partial charge is 0.395 e. The van der Waals surface area contributed by atoms with Gasteiger partial charge in [-0.15, -0.1) is 5.10 Å². The summed E-state index contributed by atoms with van der Waals surface area (Å²) in [5.74, 6) is 0.529. The minimum atomic E-state index is 0.509. The van der Waals surface area contributed by atoms with E-state index in [1.807, 2.05) is 6.92 Å². The lowest BCUT2D eigenvalue weighted by Crippen LogP contribution is -2.15. The van der Waals surface area contributed by atoms with Crippen LogP contribution in [0.2, 0.25) is 0 Å². The fourth-order valence-electron chi connectivity index (χ4n) is 0.679. The van der Waals surface area contributed by atoms with Crippen LogP contribution < -0.4 is 10.2 Å². The number of anilines is 1. The third-order valence-corrected chi connectivity index (χ3v) is 1.07. The first kappa shape index (κ1) is 7.59. The molecule has 1 N–H and O–H groups in total. The molecule has 1 amide bonds. The molecule has 5 heteroatoms. The number of nitrogens with zero attached hydrogens (tertiary/aromatic N) is 2. The lowest BCUT2D eigenvalue weighted by Gasteiger charge is -2.04. The Morgan fingerprint density at radius 2 is 2.73 bits per heavy atom. The quantitative estimate of drug-likeness (QED) is 0.618. The van der Waals surface area contributed by atoms with Crippen molar-refractivity contribution in [1.82, 2.24) is 9.94 Å². The number of aromatic nitrogens is 2. The van der Waals surface area contributed by atoms with Crippen LogP contribution in [0.1, 0.15) is 6.92 Å². The van der Waals surface area contributed by atoms with E-state index in [0.29, 0.717) is 18.8 Å². The molecular formula is C6H9N3O2. The lowest BCUT2D eigenvalue weighted by atomic mass is 10.6. The predicted molar refractivity (Wildman–Crippen MR) is 39.0 cm³/mol. The van der Waals surface area contributed by atoms with Crippen LogP contribution in [0.4, 0.5) is 5.82 Å². The van der Waals surface area contributed by atoms with Gasteiger partial charge in [-0.2, -0.15) is 0 Å². The van der Waals surface area contributed by atoms with E-state index >= 15 is 0 Å². The Morgan fingerprint density at radius 3 is 3.36 bits per heavy atom. The minimum Gasteiger partial charge on any atom is -0.395 e. The maximum atomic E-state index is 10.0. The summed E-state index contributed by atoms with van der Waals surface area (Å²) in [6.45, 7) is 2.35. The molecule has 0 aliphatic heterocycles. The van der Waals surface area contributed by atoms with Crippen molar-refractivity contribution in [3.05, 3.63) is 12.3 Å². The topological polar surface area (TPSA) is 56.1 Å². The van der Waals surface area contributed by atoms with E-state index in [1.165, 1.54) is 4.85 Å². The first-order chi connectivity index (χ1) is 5.38. The fraction of sp³-hybridized carbons (Fsp3) is 0.333. The van der Waals surface area contributed by atoms with Crippen molar-refractivity contribution in [3.8, 4) is 0 Å². The van der Waals surface area contributed by atoms with Crippen LogP contribution in [-0.2, 0) is 4.79 Å². The molecule has 11 heavy (non-hydrogen) atoms. The van der Waals surface area contributed by atoms with E-state index in [-0.39, 0.29) is 0 Å². The second kappa shape index (κ2) is 3.60. The van der Waals surface area contributed by atoms with Gasteiger partial charge in [0, 0.05) is 6.07 Å². The van der Waals surface area contributed by atoms with Gasteiger partial charge in [0.05, 0.1) is 6.20 Å². The lowest BCUT2D eigenvalue weighted by molar-refractivity contribution is -0.105. The maximum Gasteiger partial charge on any atom is 0.212 e. The van der Waals surface area contributed by atoms with Crippen LogP contribution in [0.15, 0.2) is 12.3 Å². The van der Waals surface area contributed by atoms with Crippen LogP contribution in [0.3, 0.4) is 0 Å². The van der Waals surface area contributed by atoms with Crippen LogP contribution >= 0.6 is 0 Å². The van der Waals surface area contributed by atoms with Crippen molar-refractivity contribution in [2.24, 2.45) is 0 Å². The van der Waals surface area contributed by atoms with Crippen molar-refractivity contribution in [2.75, 3.05) is 11.9 Å². The van der Waals surface area contributed by atoms with Gasteiger partial charge < -0.3 is 10.2 Å². The fourth-order valence-corrected chi connectivity index (χ4v) is 0.679. The zero-order valence-corrected chi connectivity index (χ0v) is 6.15. The highest BCUT2D eigenvalue weighted by atomic mass is 16.7. The average Bonchev–Trinajstić information content (AvgIpc) is 2.39. The Kier molecular flexibility index (Phi) is 2.48. The molecule has 1 rings (SSSR count). The summed E-state index contributed by atoms with van der Waals surface area (Å²) in [4.78, 5) is 16.3. The molecule has 0 atom stereocenters. The molecule has 0 unspecified atom stereocenters. The van der Waals surface area contributed by atoms with Crippen molar-refractivity contribution in [2.45, 2.75) is 6.92 Å². The molecule has 0 bridgehead atoms. The van der Waals surface area contributed by atoms with E-state index < -0.39 is 0 Å². The van der Waals surface area contributed by atoms with Crippen LogP contribution in [-0.4, -0.2) is 23.0 Å². The minimum absolute atomic E-state index is 0.509. The molecule has 0 saturated heterocycles. The molecule has 1 heterocycles. The summed E-state index contributed by atoms with van der Waals surface area (Å²) < 4.78 is 0. The Hall–Kier alpha value is -1.52. The highest BCUT2D eigenvalue weighted by molar-refractivity contribution is 5.68. The number of rotatable bonds is 4. The third-order valence-electron chi connectivity index (χ3n) is 1.07. The standard InChI is InChI=1S/C6H9N3O2/c1-2-11-9-6(7-5-10)3-4-8-9/h3-5H,2H2,1H3,(H,7,10). The van der Waals surface area contributed by atoms with E-state index in [2.05, 4.69) is 10.4 Å². The molecule has 0 aliphatic carbocycles. The zero-order valence-electron chi connectivity index (χ0n) is 6.15. The van der Waals surface area contributed by atoms with E-state index in [0.717, 1.165) is 0 Å². The number of hydrogen-bond acceptors (Lipinski definition) is 3. The molecular weight excluding hydrogens is 146 g/mol. The molecule has 1 aromatic rings. The smallest absolute Gasteiger partial charge is 0.212 e. The second-order valence-corrected chi connectivity index (χ2v) is 1.77. The summed E-state index contributed by atoms with van der Waals surface area (Å²) in [6.07, 6.45) is 2.12. The summed E-state index contributed by atoms with van der Waals surface area (Å²) in [7, 11) is 0. The number of carbonyl (C=O) groups is 1. The SMILES string of the molecule is CCOn1nccc1NC=O. The molecule has 60 valence electrons. The Labute approximate surface area is 63.9 Å². The van der Waals surface area contributed by atoms with Crippen LogP contribution in [0, 0.1) is 0 Å². The zero-order chi connectivity index (χ0) is 8.10. The van der Waals surface area contributed by atoms with E-state index in [1.54, 1.807) is 12.3 Å². The highest BCUT2D eigenvalue weighted by Gasteiger charge is 1.98. The van der Waals surface area contributed by atoms with Crippen LogP contribution in [0.25, 0.3) is 0 Å². The van der Waals surface area contributed by atoms with Gasteiger partial charge in [0.15, 0.2) is 5.82 Å². The van der Waals surface area contributed by atoms with Gasteiger partial charge in [0.25, 0.3) is 0 Å². The molecule has 5 nitrogen and oxygen atoms in total. The van der Waals surface area contributed by atoms with Gasteiger partial charge in [-0.05, 0) is 6.92 Å². The van der Waals surface area contributed by atoms with Crippen molar-refractivity contribution < 1.29 is 9.63 Å². The Balaban J connectivity index is 2.69. The van der Waals surface area contributed by atoms with Gasteiger partial charge in [0.1, 0.15) is 6.61 Å². The summed E-state index contributed by atoms with van der Waals surface area (Å²) in [6, 6.07) is 1.64. The van der Waals surface area contributed by atoms with Crippen molar-refractivity contribution in [3.63, 3.8) is 0 Å². The second-order valence-electron chi connectivity index (χ2n) is 1.77. The normalized spacial score (nSPS) is 9.18. The Bertz CT molecular complexity index is 233. The van der Waals surface area contributed by atoms with Crippen molar-refractivity contribution in [1.29, 1.82) is 0 Å². The summed E-state index contributed by atoms with van der Waals surface area (Å²) >= 11 is 0. The van der Waals surface area contributed by atoms with Crippen molar-refractivity contribution >= 4 is 12.2 Å². The predicted octanol–water partition coefficient (Wildman–Crippen LogP) is -0.100. The van der Waals surface area contributed by atoms with Crippen LogP contribution in [0.5, 0.6) is 0 Å². The number of nitrogens with one attached hydrogen (secondary N) is 1. The summed E-state index contributed by atoms with van der Waals surface area (Å²) in [5, 5.41) is 6.23. The molecule has 0 aromatic carbocycles. The maximum absolute atomic E-state index is 10.0. The highest BCUT2D eigenvalue weighted by Crippen LogP contribution is 2.01. The monoisotopic (exact) mass is 155 g/mol. The molecule has 0 aliphatic rings. The number of carbonyl (C=O) groups excluding carboxylic acids is 1. The van der Waals surface area contributed by atoms with Gasteiger partial charge in [-0.3, -0.25) is 4.79 Å². The van der Waals surface area contributed by atoms with Gasteiger partial charge >= 0.3 is 0 Å². The molecule has 0 radical (unpaired) electrons. The number of hydrogen-bond donors (Lipinski definition) is 1. The molecule has 0 fully saturated rings. The molecule has 1 aromatic heterocycles. The average molecular weight is 155 g/mol. The van der Waals surface area contributed by atoms with E-state index in [4.69, 9.17) is 4.84 Å². The van der Waals surface area contributed by atoms with E-state index in [9.17, 15) is 4.79 Å². The van der Waals surface area contributed by atoms with Gasteiger partial charge in [0.2, 0.25) is 6.41 Å². The first-order valence-corrected chi connectivity index (χ1v) is 3.26. The summed E-state index contributed by atoms with van der Waals surface area (Å²) in [5.41, 5.74) is 0. The molecule has 0 saturated carbocycles. The van der Waals surface area contributed by atoms with Gasteiger partial charge in [-0.1, -0.05) is 4.85 Å². The number of amides is 1. The Morgan fingerprint density at radius 1 is 1.91 bits per heavy atom. The third kappa shape index (κ3) is 1.70. The first-order valence-electron chi connectivity index (χ1n) is 3.26.